The third kappa shape index (κ3) is 5.99. The summed E-state index contributed by atoms with van der Waals surface area (Å²) in [6.07, 6.45) is 6.37. The number of benzene rings is 10. The number of hydrogen-bond acceptors (Lipinski definition) is 1. The van der Waals surface area contributed by atoms with Crippen LogP contribution in [0, 0.1) is 0 Å². The zero-order valence-corrected chi connectivity index (χ0v) is 33.6. The first-order chi connectivity index (χ1) is 30.2. The van der Waals surface area contributed by atoms with Crippen molar-refractivity contribution < 1.29 is 0 Å². The zero-order chi connectivity index (χ0) is 40.3. The average Bonchev–Trinajstić information content (AvgIpc) is 3.65. The van der Waals surface area contributed by atoms with Crippen LogP contribution in [0.25, 0.3) is 93.0 Å². The molecule has 0 fully saturated rings. The molecule has 0 amide bonds. The maximum atomic E-state index is 5.52. The van der Waals surface area contributed by atoms with E-state index >= 15 is 0 Å². The molecule has 1 aromatic heterocycles. The highest BCUT2D eigenvalue weighted by Gasteiger charge is 2.19. The van der Waals surface area contributed by atoms with Crippen molar-refractivity contribution in [1.82, 2.24) is 4.57 Å². The van der Waals surface area contributed by atoms with Crippen molar-refractivity contribution in [2.45, 2.75) is 12.8 Å². The first-order valence-electron chi connectivity index (χ1n) is 21.3. The minimum atomic E-state index is 0.836. The van der Waals surface area contributed by atoms with Crippen molar-refractivity contribution >= 4 is 81.9 Å². The summed E-state index contributed by atoms with van der Waals surface area (Å²) in [4.78, 5) is 5.52. The highest BCUT2D eigenvalue weighted by atomic mass is 15.0. The molecule has 0 aliphatic carbocycles. The largest absolute Gasteiger partial charge is 0.309 e. The fourth-order valence-corrected chi connectivity index (χ4v) is 9.76. The van der Waals surface area contributed by atoms with Crippen LogP contribution in [0.1, 0.15) is 29.5 Å². The molecular formula is C59H40N2. The number of fused-ring (bicyclic) bond motifs is 10. The van der Waals surface area contributed by atoms with Gasteiger partial charge in [-0.15, -0.1) is 0 Å². The van der Waals surface area contributed by atoms with Crippen molar-refractivity contribution in [1.29, 1.82) is 0 Å². The standard InChI is InChI=1S/C59H40N2/c1-3-15-39(16-4-1)43-21-13-27-55(60-56(38-43)41-18-5-2-6-19-41)45-30-33-50-48-22-9-10-23-49(48)52-26-14-25-47(59(52)54(50)37-45)44-31-34-58-53(36-44)51-24-11-12-28-57(51)61(58)46-32-29-40-17-7-8-20-42(40)35-46/h1-12,14-26,28-38H,13,27H2/b43-21+,56-38-,60-55+. The lowest BCUT2D eigenvalue weighted by Crippen LogP contribution is -2.04. The van der Waals surface area contributed by atoms with Crippen LogP contribution in [0.2, 0.25) is 0 Å². The number of para-hydroxylation sites is 1. The fraction of sp³-hybridized carbons (Fsp3) is 0.0339. The first-order valence-corrected chi connectivity index (χ1v) is 21.3. The number of aromatic nitrogens is 1. The molecule has 61 heavy (non-hydrogen) atoms. The van der Waals surface area contributed by atoms with Gasteiger partial charge in [0, 0.05) is 27.7 Å². The second kappa shape index (κ2) is 14.5. The molecule has 1 aliphatic rings. The van der Waals surface area contributed by atoms with Gasteiger partial charge in [0.15, 0.2) is 0 Å². The summed E-state index contributed by atoms with van der Waals surface area (Å²) in [5, 5.41) is 12.5. The highest BCUT2D eigenvalue weighted by Crippen LogP contribution is 2.43. The van der Waals surface area contributed by atoms with E-state index in [2.05, 4.69) is 223 Å². The summed E-state index contributed by atoms with van der Waals surface area (Å²) >= 11 is 0. The van der Waals surface area contributed by atoms with Gasteiger partial charge in [-0.05, 0) is 126 Å². The number of allylic oxidation sites excluding steroid dienone is 3. The van der Waals surface area contributed by atoms with E-state index in [9.17, 15) is 0 Å². The molecule has 12 rings (SSSR count). The molecule has 0 bridgehead atoms. The zero-order valence-electron chi connectivity index (χ0n) is 33.6. The van der Waals surface area contributed by atoms with E-state index in [1.807, 2.05) is 0 Å². The van der Waals surface area contributed by atoms with Crippen LogP contribution >= 0.6 is 0 Å². The summed E-state index contributed by atoms with van der Waals surface area (Å²) in [5.41, 5.74) is 12.8. The van der Waals surface area contributed by atoms with Crippen LogP contribution in [0.3, 0.4) is 0 Å². The maximum Gasteiger partial charge on any atom is 0.0711 e. The molecule has 0 atom stereocenters. The van der Waals surface area contributed by atoms with Crippen molar-refractivity contribution in [3.05, 3.63) is 235 Å². The smallest absolute Gasteiger partial charge is 0.0711 e. The van der Waals surface area contributed by atoms with Crippen molar-refractivity contribution in [2.75, 3.05) is 0 Å². The topological polar surface area (TPSA) is 17.3 Å². The molecule has 0 N–H and O–H groups in total. The lowest BCUT2D eigenvalue weighted by molar-refractivity contribution is 1.09. The van der Waals surface area contributed by atoms with Gasteiger partial charge >= 0.3 is 0 Å². The SMILES string of the molecule is C1=C(c2ccccc2)\N=C(\c2ccc3c4ccccc4c4cccc(-c5ccc6c(c5)c5ccccc5n6-c5ccc6ccccc6c5)c4c3c2)CC\C=C/1c1ccccc1. The Bertz CT molecular complexity index is 3620. The van der Waals surface area contributed by atoms with Crippen molar-refractivity contribution in [2.24, 2.45) is 4.99 Å². The quantitative estimate of drug-likeness (QED) is 0.155. The molecule has 0 spiro atoms. The van der Waals surface area contributed by atoms with Gasteiger partial charge < -0.3 is 4.57 Å². The van der Waals surface area contributed by atoms with Gasteiger partial charge in [-0.25, -0.2) is 0 Å². The molecule has 0 unspecified atom stereocenters. The molecule has 11 aromatic rings. The molecule has 0 radical (unpaired) electrons. The molecular weight excluding hydrogens is 737 g/mol. The van der Waals surface area contributed by atoms with Gasteiger partial charge in [-0.1, -0.05) is 176 Å². The summed E-state index contributed by atoms with van der Waals surface area (Å²) in [5.74, 6) is 0. The van der Waals surface area contributed by atoms with Gasteiger partial charge in [0.05, 0.1) is 16.7 Å². The Labute approximate surface area is 354 Å². The van der Waals surface area contributed by atoms with Gasteiger partial charge in [0.1, 0.15) is 0 Å². The molecule has 1 aliphatic heterocycles. The van der Waals surface area contributed by atoms with Crippen LogP contribution < -0.4 is 0 Å². The van der Waals surface area contributed by atoms with Crippen LogP contribution in [-0.2, 0) is 0 Å². The average molecular weight is 777 g/mol. The molecule has 0 saturated heterocycles. The van der Waals surface area contributed by atoms with Crippen LogP contribution in [0.15, 0.2) is 223 Å². The van der Waals surface area contributed by atoms with Crippen LogP contribution in [0.5, 0.6) is 0 Å². The van der Waals surface area contributed by atoms with E-state index in [1.54, 1.807) is 0 Å². The van der Waals surface area contributed by atoms with Gasteiger partial charge in [-0.3, -0.25) is 4.99 Å². The molecule has 0 saturated carbocycles. The number of aliphatic imine (C=N–C) groups is 1. The maximum absolute atomic E-state index is 5.52. The second-order valence-electron chi connectivity index (χ2n) is 16.2. The molecule has 286 valence electrons. The third-order valence-corrected chi connectivity index (χ3v) is 12.6. The number of rotatable bonds is 5. The lowest BCUT2D eigenvalue weighted by Gasteiger charge is -2.17. The number of nitrogens with zero attached hydrogens (tertiary/aromatic N) is 2. The van der Waals surface area contributed by atoms with Gasteiger partial charge in [0.25, 0.3) is 0 Å². The summed E-state index contributed by atoms with van der Waals surface area (Å²) in [7, 11) is 0. The Morgan fingerprint density at radius 1 is 0.393 bits per heavy atom. The Morgan fingerprint density at radius 3 is 1.87 bits per heavy atom. The minimum absolute atomic E-state index is 0.836. The molecule has 10 aromatic carbocycles. The van der Waals surface area contributed by atoms with Gasteiger partial charge in [0.2, 0.25) is 0 Å². The van der Waals surface area contributed by atoms with E-state index in [0.717, 1.165) is 35.4 Å². The van der Waals surface area contributed by atoms with E-state index in [-0.39, 0.29) is 0 Å². The monoisotopic (exact) mass is 776 g/mol. The van der Waals surface area contributed by atoms with E-state index in [1.165, 1.54) is 92.8 Å². The Morgan fingerprint density at radius 2 is 1.03 bits per heavy atom. The van der Waals surface area contributed by atoms with Crippen molar-refractivity contribution in [3.8, 4) is 16.8 Å². The van der Waals surface area contributed by atoms with E-state index in [0.29, 0.717) is 0 Å². The normalized spacial score (nSPS) is 16.0. The van der Waals surface area contributed by atoms with Crippen LogP contribution in [0.4, 0.5) is 0 Å². The van der Waals surface area contributed by atoms with E-state index in [4.69, 9.17) is 4.99 Å². The predicted octanol–water partition coefficient (Wildman–Crippen LogP) is 15.8. The molecule has 2 heteroatoms. The van der Waals surface area contributed by atoms with Crippen molar-refractivity contribution in [3.63, 3.8) is 0 Å². The second-order valence-corrected chi connectivity index (χ2v) is 16.2. The predicted molar refractivity (Wildman–Crippen MR) is 261 cm³/mol. The number of hydrogen-bond donors (Lipinski definition) is 0. The lowest BCUT2D eigenvalue weighted by atomic mass is 9.87. The summed E-state index contributed by atoms with van der Waals surface area (Å²) in [6, 6.07) is 75.4. The fourth-order valence-electron chi connectivity index (χ4n) is 9.76. The Kier molecular flexibility index (Phi) is 8.35. The Balaban J connectivity index is 1.07. The molecule has 2 nitrogen and oxygen atoms in total. The Hall–Kier alpha value is -7.81. The van der Waals surface area contributed by atoms with Crippen LogP contribution in [-0.4, -0.2) is 10.3 Å². The highest BCUT2D eigenvalue weighted by molar-refractivity contribution is 6.29. The van der Waals surface area contributed by atoms with Gasteiger partial charge in [-0.2, -0.15) is 0 Å². The van der Waals surface area contributed by atoms with E-state index < -0.39 is 0 Å². The summed E-state index contributed by atoms with van der Waals surface area (Å²) < 4.78 is 2.42. The molecule has 2 heterocycles. The first kappa shape index (κ1) is 35.2. The minimum Gasteiger partial charge on any atom is -0.309 e. The summed E-state index contributed by atoms with van der Waals surface area (Å²) in [6.45, 7) is 0. The third-order valence-electron chi connectivity index (χ3n) is 12.6.